The summed E-state index contributed by atoms with van der Waals surface area (Å²) in [6.07, 6.45) is 2.06. The zero-order chi connectivity index (χ0) is 13.3. The van der Waals surface area contributed by atoms with Gasteiger partial charge in [0.2, 0.25) is 6.08 Å². The van der Waals surface area contributed by atoms with Gasteiger partial charge in [-0.3, -0.25) is 0 Å². The summed E-state index contributed by atoms with van der Waals surface area (Å²) in [6.45, 7) is 8.04. The highest BCUT2D eigenvalue weighted by molar-refractivity contribution is 5.83. The Balaban J connectivity index is 4.62. The molecule has 1 atom stereocenters. The minimum absolute atomic E-state index is 0.0169. The second kappa shape index (κ2) is 8.01. The number of isocyanates is 1. The molecule has 0 bridgehead atoms. The number of hydrogen-bond acceptors (Lipinski definition) is 6. The first-order chi connectivity index (χ1) is 8.04. The van der Waals surface area contributed by atoms with Crippen molar-refractivity contribution in [1.29, 1.82) is 0 Å². The summed E-state index contributed by atoms with van der Waals surface area (Å²) >= 11 is 0. The van der Waals surface area contributed by atoms with Gasteiger partial charge in [-0.2, -0.15) is 0 Å². The van der Waals surface area contributed by atoms with Crippen LogP contribution in [0.2, 0.25) is 0 Å². The smallest absolute Gasteiger partial charge is 0.333 e. The summed E-state index contributed by atoms with van der Waals surface area (Å²) in [5.41, 5.74) is 0. The van der Waals surface area contributed by atoms with Crippen molar-refractivity contribution in [2.24, 2.45) is 10.9 Å². The lowest BCUT2D eigenvalue weighted by atomic mass is 10.2. The van der Waals surface area contributed by atoms with Crippen LogP contribution >= 0.6 is 0 Å². The molecule has 0 aliphatic heterocycles. The third kappa shape index (κ3) is 6.06. The van der Waals surface area contributed by atoms with Crippen LogP contribution in [-0.2, 0) is 23.9 Å². The van der Waals surface area contributed by atoms with Gasteiger partial charge in [-0.05, 0) is 0 Å². The molecule has 0 aromatic rings. The molecular formula is C11H13NO5. The Morgan fingerprint density at radius 3 is 2.12 bits per heavy atom. The molecule has 0 saturated carbocycles. The lowest BCUT2D eigenvalue weighted by Crippen LogP contribution is -2.31. The van der Waals surface area contributed by atoms with Gasteiger partial charge >= 0.3 is 11.9 Å². The van der Waals surface area contributed by atoms with Gasteiger partial charge in [0.05, 0.1) is 12.5 Å². The van der Waals surface area contributed by atoms with Crippen LogP contribution in [0.5, 0.6) is 0 Å². The molecule has 0 spiro atoms. The molecule has 0 radical (unpaired) electrons. The average Bonchev–Trinajstić information content (AvgIpc) is 2.34. The maximum Gasteiger partial charge on any atom is 0.333 e. The molecule has 0 aliphatic carbocycles. The second-order valence-electron chi connectivity index (χ2n) is 3.06. The van der Waals surface area contributed by atoms with Crippen LogP contribution in [0.1, 0.15) is 6.92 Å². The third-order valence-electron chi connectivity index (χ3n) is 1.71. The van der Waals surface area contributed by atoms with Gasteiger partial charge in [0.15, 0.2) is 0 Å². The average molecular weight is 239 g/mol. The Labute approximate surface area is 98.6 Å². The van der Waals surface area contributed by atoms with Crippen molar-refractivity contribution in [1.82, 2.24) is 0 Å². The van der Waals surface area contributed by atoms with Crippen molar-refractivity contribution in [2.45, 2.75) is 13.2 Å². The van der Waals surface area contributed by atoms with E-state index in [1.54, 1.807) is 6.92 Å². The first-order valence-electron chi connectivity index (χ1n) is 4.74. The van der Waals surface area contributed by atoms with Crippen LogP contribution in [-0.4, -0.2) is 30.9 Å². The van der Waals surface area contributed by atoms with Crippen molar-refractivity contribution in [3.63, 3.8) is 0 Å². The Morgan fingerprint density at radius 2 is 1.76 bits per heavy atom. The number of rotatable bonds is 7. The fourth-order valence-electron chi connectivity index (χ4n) is 0.849. The van der Waals surface area contributed by atoms with Gasteiger partial charge in [-0.15, -0.1) is 0 Å². The number of ether oxygens (including phenoxy) is 2. The van der Waals surface area contributed by atoms with Crippen LogP contribution < -0.4 is 0 Å². The molecule has 0 saturated heterocycles. The Hall–Kier alpha value is -2.20. The molecule has 92 valence electrons. The third-order valence-corrected chi connectivity index (χ3v) is 1.71. The molecular weight excluding hydrogens is 226 g/mol. The second-order valence-corrected chi connectivity index (χ2v) is 3.06. The predicted molar refractivity (Wildman–Crippen MR) is 58.5 cm³/mol. The van der Waals surface area contributed by atoms with Gasteiger partial charge < -0.3 is 9.47 Å². The van der Waals surface area contributed by atoms with Crippen LogP contribution in [0.25, 0.3) is 0 Å². The van der Waals surface area contributed by atoms with Crippen LogP contribution in [0.3, 0.4) is 0 Å². The zero-order valence-corrected chi connectivity index (χ0v) is 9.42. The molecule has 0 amide bonds. The maximum atomic E-state index is 11.0. The van der Waals surface area contributed by atoms with Crippen LogP contribution in [0.4, 0.5) is 0 Å². The molecule has 0 heterocycles. The summed E-state index contributed by atoms with van der Waals surface area (Å²) < 4.78 is 9.59. The SMILES string of the molecule is C=CC(=O)OC(OC(=O)C=C)C(C)CN=C=O. The molecule has 17 heavy (non-hydrogen) atoms. The highest BCUT2D eigenvalue weighted by atomic mass is 16.7. The van der Waals surface area contributed by atoms with Gasteiger partial charge in [-0.25, -0.2) is 19.4 Å². The summed E-state index contributed by atoms with van der Waals surface area (Å²) in [4.78, 5) is 35.3. The number of hydrogen-bond donors (Lipinski definition) is 0. The van der Waals surface area contributed by atoms with Crippen molar-refractivity contribution < 1.29 is 23.9 Å². The quantitative estimate of drug-likeness (QED) is 0.215. The first kappa shape index (κ1) is 14.8. The van der Waals surface area contributed by atoms with Gasteiger partial charge in [0.25, 0.3) is 6.29 Å². The predicted octanol–water partition coefficient (Wildman–Crippen LogP) is 0.743. The maximum absolute atomic E-state index is 11.0. The minimum Gasteiger partial charge on any atom is -0.422 e. The lowest BCUT2D eigenvalue weighted by Gasteiger charge is -2.21. The van der Waals surface area contributed by atoms with E-state index in [0.717, 1.165) is 12.2 Å². The van der Waals surface area contributed by atoms with E-state index in [2.05, 4.69) is 18.2 Å². The van der Waals surface area contributed by atoms with Crippen molar-refractivity contribution >= 4 is 18.0 Å². The minimum atomic E-state index is -1.15. The van der Waals surface area contributed by atoms with Crippen molar-refractivity contribution in [2.75, 3.05) is 6.54 Å². The fraction of sp³-hybridized carbons (Fsp3) is 0.364. The highest BCUT2D eigenvalue weighted by Gasteiger charge is 2.23. The zero-order valence-electron chi connectivity index (χ0n) is 9.42. The Bertz CT molecular complexity index is 335. The number of carbonyl (C=O) groups is 2. The van der Waals surface area contributed by atoms with E-state index < -0.39 is 24.1 Å². The summed E-state index contributed by atoms with van der Waals surface area (Å²) in [5, 5.41) is 0. The van der Waals surface area contributed by atoms with Gasteiger partial charge in [-0.1, -0.05) is 20.1 Å². The fourth-order valence-corrected chi connectivity index (χ4v) is 0.849. The number of carbonyl (C=O) groups excluding carboxylic acids is 3. The van der Waals surface area contributed by atoms with E-state index in [4.69, 9.17) is 9.47 Å². The van der Waals surface area contributed by atoms with Gasteiger partial charge in [0.1, 0.15) is 0 Å². The van der Waals surface area contributed by atoms with E-state index in [9.17, 15) is 14.4 Å². The monoisotopic (exact) mass is 239 g/mol. The molecule has 0 rings (SSSR count). The molecule has 0 N–H and O–H groups in total. The molecule has 6 nitrogen and oxygen atoms in total. The molecule has 1 unspecified atom stereocenters. The highest BCUT2D eigenvalue weighted by Crippen LogP contribution is 2.11. The molecule has 0 aliphatic rings. The van der Waals surface area contributed by atoms with E-state index in [0.29, 0.717) is 0 Å². The number of nitrogens with zero attached hydrogens (tertiary/aromatic N) is 1. The number of aliphatic imine (C=N–C) groups is 1. The summed E-state index contributed by atoms with van der Waals surface area (Å²) in [7, 11) is 0. The van der Waals surface area contributed by atoms with E-state index >= 15 is 0 Å². The van der Waals surface area contributed by atoms with Crippen LogP contribution in [0, 0.1) is 5.92 Å². The topological polar surface area (TPSA) is 82.0 Å². The van der Waals surface area contributed by atoms with E-state index in [1.165, 1.54) is 6.08 Å². The lowest BCUT2D eigenvalue weighted by molar-refractivity contribution is -0.189. The van der Waals surface area contributed by atoms with Gasteiger partial charge in [0, 0.05) is 12.2 Å². The summed E-state index contributed by atoms with van der Waals surface area (Å²) in [6, 6.07) is 0. The Kier molecular flexibility index (Phi) is 6.97. The largest absolute Gasteiger partial charge is 0.422 e. The molecule has 0 aromatic heterocycles. The van der Waals surface area contributed by atoms with Crippen molar-refractivity contribution in [3.05, 3.63) is 25.3 Å². The van der Waals surface area contributed by atoms with E-state index in [-0.39, 0.29) is 6.54 Å². The molecule has 6 heteroatoms. The molecule has 0 fully saturated rings. The van der Waals surface area contributed by atoms with Crippen molar-refractivity contribution in [3.8, 4) is 0 Å². The normalized spacial score (nSPS) is 10.9. The van der Waals surface area contributed by atoms with E-state index in [1.807, 2.05) is 0 Å². The first-order valence-corrected chi connectivity index (χ1v) is 4.74. The summed E-state index contributed by atoms with van der Waals surface area (Å²) in [5.74, 6) is -1.97. The Morgan fingerprint density at radius 1 is 1.29 bits per heavy atom. The molecule has 0 aromatic carbocycles. The standard InChI is InChI=1S/C11H13NO5/c1-4-9(14)16-11(17-10(15)5-2)8(3)6-12-7-13/h4-5,8,11H,1-2,6H2,3H3. The van der Waals surface area contributed by atoms with Crippen LogP contribution in [0.15, 0.2) is 30.3 Å². The number of esters is 2.